The van der Waals surface area contributed by atoms with Crippen LogP contribution in [0.25, 0.3) is 0 Å². The summed E-state index contributed by atoms with van der Waals surface area (Å²) < 4.78 is 5.55. The first-order valence-electron chi connectivity index (χ1n) is 4.71. The van der Waals surface area contributed by atoms with Crippen molar-refractivity contribution in [2.45, 2.75) is 38.8 Å². The number of hydrogen-bond donors (Lipinski definition) is 0. The van der Waals surface area contributed by atoms with Gasteiger partial charge in [-0.3, -0.25) is 5.01 Å². The van der Waals surface area contributed by atoms with E-state index in [0.717, 1.165) is 19.4 Å². The van der Waals surface area contributed by atoms with E-state index in [9.17, 15) is 0 Å². The van der Waals surface area contributed by atoms with Gasteiger partial charge in [0.25, 0.3) is 0 Å². The maximum absolute atomic E-state index is 5.55. The smallest absolute Gasteiger partial charge is 0.145 e. The molecule has 0 N–H and O–H groups in total. The van der Waals surface area contributed by atoms with E-state index in [4.69, 9.17) is 4.74 Å². The van der Waals surface area contributed by atoms with Gasteiger partial charge >= 0.3 is 0 Å². The summed E-state index contributed by atoms with van der Waals surface area (Å²) in [4.78, 5) is 0. The topological polar surface area (TPSA) is 24.8 Å². The molecule has 0 saturated carbocycles. The molecule has 3 heteroatoms. The largest absolute Gasteiger partial charge is 0.357 e. The first-order chi connectivity index (χ1) is 5.84. The van der Waals surface area contributed by atoms with E-state index in [2.05, 4.69) is 12.0 Å². The molecule has 1 fully saturated rings. The lowest BCUT2D eigenvalue weighted by Crippen LogP contribution is -2.33. The summed E-state index contributed by atoms with van der Waals surface area (Å²) in [7, 11) is 1.97. The van der Waals surface area contributed by atoms with Gasteiger partial charge in [-0.1, -0.05) is 6.92 Å². The van der Waals surface area contributed by atoms with Crippen molar-refractivity contribution >= 4 is 6.21 Å². The Hall–Kier alpha value is -0.570. The van der Waals surface area contributed by atoms with Gasteiger partial charge in [0.1, 0.15) is 6.23 Å². The molecule has 0 radical (unpaired) electrons. The summed E-state index contributed by atoms with van der Waals surface area (Å²) in [6.45, 7) is 2.97. The monoisotopic (exact) mass is 170 g/mol. The molecule has 3 nitrogen and oxygen atoms in total. The van der Waals surface area contributed by atoms with Crippen molar-refractivity contribution in [3.63, 3.8) is 0 Å². The Morgan fingerprint density at radius 1 is 1.58 bits per heavy atom. The van der Waals surface area contributed by atoms with E-state index >= 15 is 0 Å². The van der Waals surface area contributed by atoms with Crippen molar-refractivity contribution in [2.24, 2.45) is 5.10 Å². The van der Waals surface area contributed by atoms with Gasteiger partial charge in [-0.25, -0.2) is 0 Å². The molecule has 1 unspecified atom stereocenters. The molecule has 0 aliphatic carbocycles. The van der Waals surface area contributed by atoms with E-state index in [1.54, 1.807) is 0 Å². The summed E-state index contributed by atoms with van der Waals surface area (Å²) in [6.07, 6.45) is 6.67. The molecule has 0 amide bonds. The van der Waals surface area contributed by atoms with Crippen molar-refractivity contribution in [3.8, 4) is 0 Å². The summed E-state index contributed by atoms with van der Waals surface area (Å²) >= 11 is 0. The second kappa shape index (κ2) is 5.14. The zero-order valence-electron chi connectivity index (χ0n) is 7.99. The molecule has 0 aromatic carbocycles. The average molecular weight is 170 g/mol. The molecule has 12 heavy (non-hydrogen) atoms. The summed E-state index contributed by atoms with van der Waals surface area (Å²) in [6, 6.07) is 0. The first-order valence-corrected chi connectivity index (χ1v) is 4.71. The molecule has 1 heterocycles. The maximum Gasteiger partial charge on any atom is 0.145 e. The van der Waals surface area contributed by atoms with Gasteiger partial charge in [0.05, 0.1) is 0 Å². The van der Waals surface area contributed by atoms with Gasteiger partial charge in [0.15, 0.2) is 0 Å². The fourth-order valence-corrected chi connectivity index (χ4v) is 1.30. The predicted molar refractivity (Wildman–Crippen MR) is 50.1 cm³/mol. The van der Waals surface area contributed by atoms with Crippen molar-refractivity contribution in [2.75, 3.05) is 13.7 Å². The van der Waals surface area contributed by atoms with Crippen LogP contribution in [0.15, 0.2) is 5.10 Å². The molecule has 1 atom stereocenters. The Kier molecular flexibility index (Phi) is 4.08. The molecule has 1 rings (SSSR count). The standard InChI is InChI=1S/C9H18N2O/c1-3-7-10-11(2)9-6-4-5-8-12-9/h7,9H,3-6,8H2,1-2H3/b10-7-. The minimum Gasteiger partial charge on any atom is -0.357 e. The molecular weight excluding hydrogens is 152 g/mol. The highest BCUT2D eigenvalue weighted by molar-refractivity contribution is 5.55. The quantitative estimate of drug-likeness (QED) is 0.477. The minimum absolute atomic E-state index is 0.210. The average Bonchev–Trinajstić information content (AvgIpc) is 2.15. The third-order valence-corrected chi connectivity index (χ3v) is 2.02. The number of hydrazone groups is 1. The van der Waals surface area contributed by atoms with Gasteiger partial charge in [0.2, 0.25) is 0 Å². The van der Waals surface area contributed by atoms with Crippen molar-refractivity contribution < 1.29 is 4.74 Å². The van der Waals surface area contributed by atoms with E-state index in [0.29, 0.717) is 0 Å². The highest BCUT2D eigenvalue weighted by Gasteiger charge is 2.16. The Morgan fingerprint density at radius 2 is 2.42 bits per heavy atom. The molecule has 1 saturated heterocycles. The zero-order valence-corrected chi connectivity index (χ0v) is 7.99. The molecule has 1 aliphatic rings. The molecule has 0 bridgehead atoms. The molecule has 1 aliphatic heterocycles. The van der Waals surface area contributed by atoms with Crippen LogP contribution in [0.3, 0.4) is 0 Å². The lowest BCUT2D eigenvalue weighted by atomic mass is 10.2. The lowest BCUT2D eigenvalue weighted by molar-refractivity contribution is -0.0741. The summed E-state index contributed by atoms with van der Waals surface area (Å²) in [5.74, 6) is 0. The van der Waals surface area contributed by atoms with Crippen LogP contribution in [0.4, 0.5) is 0 Å². The highest BCUT2D eigenvalue weighted by atomic mass is 16.5. The molecular formula is C9H18N2O. The van der Waals surface area contributed by atoms with Gasteiger partial charge in [-0.15, -0.1) is 0 Å². The van der Waals surface area contributed by atoms with Gasteiger partial charge in [-0.05, 0) is 25.7 Å². The fourth-order valence-electron chi connectivity index (χ4n) is 1.30. The Morgan fingerprint density at radius 3 is 3.00 bits per heavy atom. The van der Waals surface area contributed by atoms with Crippen LogP contribution in [0.2, 0.25) is 0 Å². The van der Waals surface area contributed by atoms with Crippen LogP contribution in [0, 0.1) is 0 Å². The number of rotatable bonds is 3. The maximum atomic E-state index is 5.55. The van der Waals surface area contributed by atoms with Gasteiger partial charge in [0, 0.05) is 19.9 Å². The lowest BCUT2D eigenvalue weighted by Gasteiger charge is -2.28. The fraction of sp³-hybridized carbons (Fsp3) is 0.889. The third kappa shape index (κ3) is 2.81. The Balaban J connectivity index is 2.29. The van der Waals surface area contributed by atoms with Crippen molar-refractivity contribution in [1.29, 1.82) is 0 Å². The zero-order chi connectivity index (χ0) is 8.81. The second-order valence-corrected chi connectivity index (χ2v) is 3.10. The van der Waals surface area contributed by atoms with E-state index < -0.39 is 0 Å². The van der Waals surface area contributed by atoms with E-state index in [1.807, 2.05) is 18.3 Å². The van der Waals surface area contributed by atoms with Gasteiger partial charge < -0.3 is 4.74 Å². The highest BCUT2D eigenvalue weighted by Crippen LogP contribution is 2.15. The van der Waals surface area contributed by atoms with E-state index in [1.165, 1.54) is 12.8 Å². The SMILES string of the molecule is CC/C=N\N(C)C1CCCCO1. The molecule has 70 valence electrons. The van der Waals surface area contributed by atoms with E-state index in [-0.39, 0.29) is 6.23 Å². The normalized spacial score (nSPS) is 24.7. The first kappa shape index (κ1) is 9.52. The van der Waals surface area contributed by atoms with Crippen LogP contribution >= 0.6 is 0 Å². The molecule has 0 spiro atoms. The van der Waals surface area contributed by atoms with Crippen molar-refractivity contribution in [3.05, 3.63) is 0 Å². The number of ether oxygens (including phenoxy) is 1. The van der Waals surface area contributed by atoms with Crippen LogP contribution in [-0.4, -0.2) is 31.1 Å². The summed E-state index contributed by atoms with van der Waals surface area (Å²) in [5.41, 5.74) is 0. The summed E-state index contributed by atoms with van der Waals surface area (Å²) in [5, 5.41) is 6.17. The predicted octanol–water partition coefficient (Wildman–Crippen LogP) is 1.84. The number of hydrogen-bond acceptors (Lipinski definition) is 3. The Labute approximate surface area is 74.4 Å². The Bertz CT molecular complexity index is 141. The third-order valence-electron chi connectivity index (χ3n) is 2.02. The molecule has 0 aromatic heterocycles. The number of nitrogens with zero attached hydrogens (tertiary/aromatic N) is 2. The van der Waals surface area contributed by atoms with Gasteiger partial charge in [-0.2, -0.15) is 5.10 Å². The second-order valence-electron chi connectivity index (χ2n) is 3.10. The van der Waals surface area contributed by atoms with Crippen LogP contribution in [0.5, 0.6) is 0 Å². The van der Waals surface area contributed by atoms with Crippen molar-refractivity contribution in [1.82, 2.24) is 5.01 Å². The van der Waals surface area contributed by atoms with Crippen LogP contribution in [0.1, 0.15) is 32.6 Å². The van der Waals surface area contributed by atoms with Crippen LogP contribution in [-0.2, 0) is 4.74 Å². The minimum atomic E-state index is 0.210. The molecule has 0 aromatic rings. The van der Waals surface area contributed by atoms with Crippen LogP contribution < -0.4 is 0 Å².